The van der Waals surface area contributed by atoms with Crippen molar-refractivity contribution in [3.63, 3.8) is 0 Å². The number of carbonyl (C=O) groups excluding carboxylic acids is 1. The van der Waals surface area contributed by atoms with Gasteiger partial charge in [-0.1, -0.05) is 11.6 Å². The highest BCUT2D eigenvalue weighted by Crippen LogP contribution is 2.29. The lowest BCUT2D eigenvalue weighted by molar-refractivity contribution is -0.0497. The Hall–Kier alpha value is -1.73. The van der Waals surface area contributed by atoms with E-state index in [4.69, 9.17) is 11.6 Å². The lowest BCUT2D eigenvalue weighted by Crippen LogP contribution is -2.13. The summed E-state index contributed by atoms with van der Waals surface area (Å²) in [5.74, 6) is -1.35. The summed E-state index contributed by atoms with van der Waals surface area (Å²) in [6.07, 6.45) is 0. The summed E-state index contributed by atoms with van der Waals surface area (Å²) < 4.78 is 42.0. The second kappa shape index (κ2) is 7.02. The highest BCUT2D eigenvalue weighted by Gasteiger charge is 2.13. The van der Waals surface area contributed by atoms with Crippen molar-refractivity contribution in [3.8, 4) is 5.75 Å². The minimum absolute atomic E-state index is 0.0867. The van der Waals surface area contributed by atoms with Crippen molar-refractivity contribution in [1.82, 2.24) is 0 Å². The Morgan fingerprint density at radius 3 is 2.59 bits per heavy atom. The molecule has 0 fully saturated rings. The molecule has 116 valence electrons. The van der Waals surface area contributed by atoms with Crippen LogP contribution in [0, 0.1) is 5.82 Å². The van der Waals surface area contributed by atoms with Crippen molar-refractivity contribution in [1.29, 1.82) is 0 Å². The molecule has 0 aliphatic rings. The van der Waals surface area contributed by atoms with Crippen LogP contribution >= 0.6 is 27.5 Å². The van der Waals surface area contributed by atoms with Gasteiger partial charge in [0.2, 0.25) is 0 Å². The summed E-state index contributed by atoms with van der Waals surface area (Å²) in [6.45, 7) is -3.00. The molecule has 0 bridgehead atoms. The Morgan fingerprint density at radius 1 is 1.23 bits per heavy atom. The van der Waals surface area contributed by atoms with Crippen molar-refractivity contribution in [3.05, 3.63) is 57.3 Å². The molecular formula is C14H8BrClF3NO2. The van der Waals surface area contributed by atoms with Crippen LogP contribution in [0.3, 0.4) is 0 Å². The molecule has 1 N–H and O–H groups in total. The van der Waals surface area contributed by atoms with Crippen LogP contribution in [0.4, 0.5) is 18.9 Å². The van der Waals surface area contributed by atoms with E-state index in [1.165, 1.54) is 30.3 Å². The first-order valence-corrected chi connectivity index (χ1v) is 7.04. The fraction of sp³-hybridized carbons (Fsp3) is 0.0714. The molecule has 8 heteroatoms. The third kappa shape index (κ3) is 4.14. The molecular weight excluding hydrogens is 387 g/mol. The number of rotatable bonds is 4. The van der Waals surface area contributed by atoms with Crippen molar-refractivity contribution >= 4 is 39.1 Å². The third-order valence-electron chi connectivity index (χ3n) is 2.58. The van der Waals surface area contributed by atoms with Crippen LogP contribution in [-0.4, -0.2) is 12.5 Å². The highest BCUT2D eigenvalue weighted by molar-refractivity contribution is 9.10. The van der Waals surface area contributed by atoms with E-state index in [-0.39, 0.29) is 22.0 Å². The van der Waals surface area contributed by atoms with Crippen molar-refractivity contribution in [2.75, 3.05) is 5.32 Å². The molecule has 0 atom stereocenters. The molecule has 0 saturated carbocycles. The SMILES string of the molecule is O=C(Nc1ccc(OC(F)F)c(Cl)c1)c1cc(F)ccc1Br. The molecule has 1 amide bonds. The number of alkyl halides is 2. The van der Waals surface area contributed by atoms with E-state index in [1.54, 1.807) is 0 Å². The van der Waals surface area contributed by atoms with E-state index in [9.17, 15) is 18.0 Å². The van der Waals surface area contributed by atoms with Gasteiger partial charge >= 0.3 is 6.61 Å². The summed E-state index contributed by atoms with van der Waals surface area (Å²) >= 11 is 8.92. The fourth-order valence-electron chi connectivity index (χ4n) is 1.64. The molecule has 0 saturated heterocycles. The second-order valence-electron chi connectivity index (χ2n) is 4.10. The van der Waals surface area contributed by atoms with Gasteiger partial charge in [0, 0.05) is 10.2 Å². The molecule has 0 aliphatic heterocycles. The van der Waals surface area contributed by atoms with Gasteiger partial charge in [0.25, 0.3) is 5.91 Å². The number of ether oxygens (including phenoxy) is 1. The van der Waals surface area contributed by atoms with Crippen molar-refractivity contribution < 1.29 is 22.7 Å². The predicted octanol–water partition coefficient (Wildman–Crippen LogP) is 5.10. The first-order chi connectivity index (χ1) is 10.4. The summed E-state index contributed by atoms with van der Waals surface area (Å²) in [7, 11) is 0. The van der Waals surface area contributed by atoms with E-state index >= 15 is 0 Å². The van der Waals surface area contributed by atoms with Gasteiger partial charge in [0.05, 0.1) is 10.6 Å². The normalized spacial score (nSPS) is 10.6. The van der Waals surface area contributed by atoms with Crippen LogP contribution in [0.1, 0.15) is 10.4 Å². The van der Waals surface area contributed by atoms with Crippen LogP contribution < -0.4 is 10.1 Å². The molecule has 2 rings (SSSR count). The molecule has 0 heterocycles. The average Bonchev–Trinajstić information content (AvgIpc) is 2.44. The van der Waals surface area contributed by atoms with Crippen molar-refractivity contribution in [2.24, 2.45) is 0 Å². The Morgan fingerprint density at radius 2 is 1.95 bits per heavy atom. The van der Waals surface area contributed by atoms with Gasteiger partial charge in [-0.3, -0.25) is 4.79 Å². The van der Waals surface area contributed by atoms with Crippen LogP contribution in [0.2, 0.25) is 5.02 Å². The molecule has 0 aromatic heterocycles. The zero-order chi connectivity index (χ0) is 16.3. The summed E-state index contributed by atoms with van der Waals surface area (Å²) in [4.78, 5) is 12.1. The van der Waals surface area contributed by atoms with Crippen molar-refractivity contribution in [2.45, 2.75) is 6.61 Å². The van der Waals surface area contributed by atoms with E-state index in [2.05, 4.69) is 26.0 Å². The number of anilines is 1. The van der Waals surface area contributed by atoms with Crippen LogP contribution in [0.15, 0.2) is 40.9 Å². The quantitative estimate of drug-likeness (QED) is 0.784. The first-order valence-electron chi connectivity index (χ1n) is 5.87. The smallest absolute Gasteiger partial charge is 0.387 e. The fourth-order valence-corrected chi connectivity index (χ4v) is 2.29. The Balaban J connectivity index is 2.18. The van der Waals surface area contributed by atoms with E-state index in [1.807, 2.05) is 0 Å². The van der Waals surface area contributed by atoms with E-state index in [0.717, 1.165) is 6.07 Å². The maximum atomic E-state index is 13.2. The zero-order valence-electron chi connectivity index (χ0n) is 10.7. The van der Waals surface area contributed by atoms with Gasteiger partial charge in [0.15, 0.2) is 0 Å². The van der Waals surface area contributed by atoms with Gasteiger partial charge in [-0.2, -0.15) is 8.78 Å². The summed E-state index contributed by atoms with van der Waals surface area (Å²) in [5, 5.41) is 2.40. The standard InChI is InChI=1S/C14H8BrClF3NO2/c15-10-3-1-7(17)5-9(10)13(21)20-8-2-4-12(11(16)6-8)22-14(18)19/h1-6,14H,(H,20,21). The predicted molar refractivity (Wildman–Crippen MR) is 80.1 cm³/mol. The zero-order valence-corrected chi connectivity index (χ0v) is 13.1. The Labute approximate surface area is 137 Å². The maximum Gasteiger partial charge on any atom is 0.387 e. The van der Waals surface area contributed by atoms with Gasteiger partial charge in [-0.25, -0.2) is 4.39 Å². The number of benzene rings is 2. The van der Waals surface area contributed by atoms with Gasteiger partial charge in [0.1, 0.15) is 11.6 Å². The van der Waals surface area contributed by atoms with E-state index < -0.39 is 18.3 Å². The molecule has 0 spiro atoms. The monoisotopic (exact) mass is 393 g/mol. The topological polar surface area (TPSA) is 38.3 Å². The minimum Gasteiger partial charge on any atom is -0.433 e. The molecule has 22 heavy (non-hydrogen) atoms. The number of halogens is 5. The summed E-state index contributed by atoms with van der Waals surface area (Å²) in [5.41, 5.74) is 0.344. The van der Waals surface area contributed by atoms with Crippen LogP contribution in [-0.2, 0) is 0 Å². The Bertz CT molecular complexity index is 712. The Kier molecular flexibility index (Phi) is 5.31. The lowest BCUT2D eigenvalue weighted by atomic mass is 10.2. The van der Waals surface area contributed by atoms with Gasteiger partial charge in [-0.15, -0.1) is 0 Å². The molecule has 0 unspecified atom stereocenters. The summed E-state index contributed by atoms with van der Waals surface area (Å²) in [6, 6.07) is 7.46. The lowest BCUT2D eigenvalue weighted by Gasteiger charge is -2.10. The molecule has 3 nitrogen and oxygen atoms in total. The molecule has 0 aliphatic carbocycles. The number of hydrogen-bond donors (Lipinski definition) is 1. The molecule has 0 radical (unpaired) electrons. The van der Waals surface area contributed by atoms with Crippen LogP contribution in [0.5, 0.6) is 5.75 Å². The molecule has 2 aromatic carbocycles. The van der Waals surface area contributed by atoms with Gasteiger partial charge < -0.3 is 10.1 Å². The van der Waals surface area contributed by atoms with E-state index in [0.29, 0.717) is 4.47 Å². The number of nitrogens with one attached hydrogen (secondary N) is 1. The highest BCUT2D eigenvalue weighted by atomic mass is 79.9. The number of hydrogen-bond acceptors (Lipinski definition) is 2. The first kappa shape index (κ1) is 16.6. The maximum absolute atomic E-state index is 13.2. The molecule has 2 aromatic rings. The second-order valence-corrected chi connectivity index (χ2v) is 5.36. The number of carbonyl (C=O) groups is 1. The number of amides is 1. The third-order valence-corrected chi connectivity index (χ3v) is 3.57. The van der Waals surface area contributed by atoms with Crippen LogP contribution in [0.25, 0.3) is 0 Å². The van der Waals surface area contributed by atoms with Gasteiger partial charge in [-0.05, 0) is 52.3 Å². The average molecular weight is 395 g/mol. The minimum atomic E-state index is -3.00. The largest absolute Gasteiger partial charge is 0.433 e.